The summed E-state index contributed by atoms with van der Waals surface area (Å²) in [5.74, 6) is 0. The van der Waals surface area contributed by atoms with Crippen LogP contribution in [0, 0.1) is 0 Å². The van der Waals surface area contributed by atoms with Gasteiger partial charge in [-0.3, -0.25) is 8.37 Å². The minimum Gasteiger partial charge on any atom is -0.268 e. The number of hydrogen-bond acceptors (Lipinski definition) is 8. The summed E-state index contributed by atoms with van der Waals surface area (Å²) in [5.41, 5.74) is 1.04. The van der Waals surface area contributed by atoms with Crippen LogP contribution in [0.2, 0.25) is 0 Å². The van der Waals surface area contributed by atoms with Crippen LogP contribution in [0.15, 0.2) is 42.5 Å². The minimum atomic E-state index is -3.71. The normalized spacial score (nSPS) is 13.5. The summed E-state index contributed by atoms with van der Waals surface area (Å²) in [4.78, 5) is 0. The number of benzene rings is 2. The maximum absolute atomic E-state index is 11.4. The quantitative estimate of drug-likeness (QED) is 0.411. The maximum Gasteiger partial charge on any atom is 0.264 e. The smallest absolute Gasteiger partial charge is 0.264 e. The van der Waals surface area contributed by atoms with Crippen molar-refractivity contribution in [1.29, 1.82) is 0 Å². The molecule has 0 bridgehead atoms. The van der Waals surface area contributed by atoms with Gasteiger partial charge in [-0.15, -0.1) is 0 Å². The fraction of sp³-hybridized carbons (Fsp3) is 0.412. The first kappa shape index (κ1) is 25.8. The van der Waals surface area contributed by atoms with Gasteiger partial charge >= 0.3 is 0 Å². The van der Waals surface area contributed by atoms with Gasteiger partial charge in [-0.1, -0.05) is 42.5 Å². The molecule has 2 rings (SSSR count). The molecule has 12 heteroatoms. The van der Waals surface area contributed by atoms with Crippen LogP contribution in [0.5, 0.6) is 0 Å². The van der Waals surface area contributed by atoms with Gasteiger partial charge in [0.2, 0.25) is 9.05 Å². The van der Waals surface area contributed by atoms with Crippen LogP contribution in [0.1, 0.15) is 12.0 Å². The predicted molar refractivity (Wildman–Crippen MR) is 113 cm³/mol. The zero-order chi connectivity index (χ0) is 22.3. The van der Waals surface area contributed by atoms with E-state index >= 15 is 0 Å². The van der Waals surface area contributed by atoms with Crippen molar-refractivity contribution < 1.29 is 33.6 Å². The van der Waals surface area contributed by atoms with Crippen molar-refractivity contribution in [1.82, 2.24) is 0 Å². The lowest BCUT2D eigenvalue weighted by Crippen LogP contribution is -2.25. The first-order chi connectivity index (χ1) is 13.1. The van der Waals surface area contributed by atoms with E-state index in [1.54, 1.807) is 0 Å². The van der Waals surface area contributed by atoms with Crippen LogP contribution in [0.4, 0.5) is 0 Å². The number of aryl methyl sites for hydroxylation is 1. The van der Waals surface area contributed by atoms with Gasteiger partial charge in [-0.25, -0.2) is 8.42 Å². The maximum atomic E-state index is 11.4. The Labute approximate surface area is 176 Å². The van der Waals surface area contributed by atoms with E-state index in [0.717, 1.165) is 35.1 Å². The summed E-state index contributed by atoms with van der Waals surface area (Å²) in [5, 5.41) is 2.16. The molecule has 1 atom stereocenters. The molecule has 0 aromatic heterocycles. The molecule has 0 heterocycles. The Morgan fingerprint density at radius 3 is 1.97 bits per heavy atom. The number of halogens is 1. The zero-order valence-corrected chi connectivity index (χ0v) is 19.3. The lowest BCUT2D eigenvalue weighted by molar-refractivity contribution is 0.132. The lowest BCUT2D eigenvalue weighted by Gasteiger charge is -2.16. The Kier molecular flexibility index (Phi) is 9.51. The van der Waals surface area contributed by atoms with Gasteiger partial charge < -0.3 is 0 Å². The fourth-order valence-corrected chi connectivity index (χ4v) is 3.48. The molecule has 29 heavy (non-hydrogen) atoms. The van der Waals surface area contributed by atoms with Crippen LogP contribution >= 0.6 is 10.7 Å². The van der Waals surface area contributed by atoms with E-state index in [1.165, 1.54) is 0 Å². The topological polar surface area (TPSA) is 121 Å². The van der Waals surface area contributed by atoms with Crippen LogP contribution in [0.25, 0.3) is 10.8 Å². The molecule has 0 fully saturated rings. The molecule has 2 aromatic carbocycles. The van der Waals surface area contributed by atoms with Crippen molar-refractivity contribution in [3.63, 3.8) is 0 Å². The third-order valence-corrected chi connectivity index (χ3v) is 4.58. The monoisotopic (exact) mass is 486 g/mol. The molecule has 0 saturated carbocycles. The summed E-state index contributed by atoms with van der Waals surface area (Å²) < 4.78 is 73.4. The Balaban J connectivity index is 0.000000749. The molecule has 0 radical (unpaired) electrons. The highest BCUT2D eigenvalue weighted by molar-refractivity contribution is 8.13. The summed E-state index contributed by atoms with van der Waals surface area (Å²) in [6, 6.07) is 13.7. The predicted octanol–water partition coefficient (Wildman–Crippen LogP) is 2.28. The number of hydrogen-bond donors (Lipinski definition) is 0. The van der Waals surface area contributed by atoms with Crippen LogP contribution in [-0.4, -0.2) is 56.7 Å². The van der Waals surface area contributed by atoms with Crippen molar-refractivity contribution in [3.05, 3.63) is 48.0 Å². The van der Waals surface area contributed by atoms with Gasteiger partial charge in [0, 0.05) is 10.7 Å². The minimum absolute atomic E-state index is 0.316. The molecular weight excluding hydrogens is 464 g/mol. The second-order valence-electron chi connectivity index (χ2n) is 6.27. The third-order valence-electron chi connectivity index (χ3n) is 3.39. The molecule has 0 aliphatic rings. The van der Waals surface area contributed by atoms with Crippen molar-refractivity contribution in [2.75, 3.05) is 25.4 Å². The van der Waals surface area contributed by atoms with Gasteiger partial charge in [0.15, 0.2) is 0 Å². The first-order valence-corrected chi connectivity index (χ1v) is 14.6. The lowest BCUT2D eigenvalue weighted by atomic mass is 10.00. The average molecular weight is 487 g/mol. The second-order valence-corrected chi connectivity index (χ2v) is 12.6. The van der Waals surface area contributed by atoms with Crippen molar-refractivity contribution in [2.24, 2.45) is 0 Å². The molecule has 164 valence electrons. The standard InChI is InChI=1S/C16H20O6S2.CH3ClO2S/c1-23(17,18)21-12-15(22-24(2,19)20)11-10-14-8-5-7-13-6-3-4-9-16(13)14;1-5(2,3)4/h3-9,15H,10-12H2,1-2H3;1H3. The average Bonchev–Trinajstić information content (AvgIpc) is 2.54. The van der Waals surface area contributed by atoms with E-state index in [-0.39, 0.29) is 6.61 Å². The summed E-state index contributed by atoms with van der Waals surface area (Å²) >= 11 is 0. The highest BCUT2D eigenvalue weighted by atomic mass is 35.7. The zero-order valence-electron chi connectivity index (χ0n) is 16.1. The Morgan fingerprint density at radius 1 is 0.862 bits per heavy atom. The molecule has 0 amide bonds. The van der Waals surface area contributed by atoms with E-state index in [9.17, 15) is 25.3 Å². The highest BCUT2D eigenvalue weighted by Gasteiger charge is 2.19. The Hall–Kier alpha value is -1.24. The van der Waals surface area contributed by atoms with Gasteiger partial charge in [0.1, 0.15) is 6.10 Å². The largest absolute Gasteiger partial charge is 0.268 e. The third kappa shape index (κ3) is 12.8. The Bertz CT molecular complexity index is 1110. The first-order valence-electron chi connectivity index (χ1n) is 8.23. The van der Waals surface area contributed by atoms with Crippen LogP contribution in [0.3, 0.4) is 0 Å². The molecule has 0 aliphatic carbocycles. The van der Waals surface area contributed by atoms with E-state index in [1.807, 2.05) is 42.5 Å². The van der Waals surface area contributed by atoms with E-state index < -0.39 is 35.4 Å². The Morgan fingerprint density at radius 2 is 1.41 bits per heavy atom. The summed E-state index contributed by atoms with van der Waals surface area (Å²) in [6.45, 7) is -0.337. The van der Waals surface area contributed by atoms with Crippen LogP contribution < -0.4 is 0 Å². The summed E-state index contributed by atoms with van der Waals surface area (Å²) in [6.07, 6.45) is 2.75. The summed E-state index contributed by atoms with van der Waals surface area (Å²) in [7, 11) is -6.07. The van der Waals surface area contributed by atoms with Gasteiger partial charge in [-0.05, 0) is 29.2 Å². The van der Waals surface area contributed by atoms with Gasteiger partial charge in [0.25, 0.3) is 20.2 Å². The molecule has 1 unspecified atom stereocenters. The van der Waals surface area contributed by atoms with Crippen molar-refractivity contribution in [2.45, 2.75) is 18.9 Å². The van der Waals surface area contributed by atoms with Crippen molar-refractivity contribution >= 4 is 50.7 Å². The molecule has 0 aliphatic heterocycles. The molecule has 0 saturated heterocycles. The van der Waals surface area contributed by atoms with E-state index in [2.05, 4.69) is 10.7 Å². The van der Waals surface area contributed by atoms with Crippen molar-refractivity contribution in [3.8, 4) is 0 Å². The van der Waals surface area contributed by atoms with E-state index in [0.29, 0.717) is 12.8 Å². The molecular formula is C17H23ClO8S3. The van der Waals surface area contributed by atoms with Gasteiger partial charge in [-0.2, -0.15) is 16.8 Å². The molecule has 2 aromatic rings. The fourth-order valence-electron chi connectivity index (χ4n) is 2.43. The van der Waals surface area contributed by atoms with Gasteiger partial charge in [0.05, 0.1) is 25.4 Å². The highest BCUT2D eigenvalue weighted by Crippen LogP contribution is 2.21. The molecule has 0 spiro atoms. The molecule has 0 N–H and O–H groups in total. The van der Waals surface area contributed by atoms with Crippen LogP contribution in [-0.2, 0) is 44.1 Å². The second kappa shape index (κ2) is 10.7. The number of rotatable bonds is 8. The SMILES string of the molecule is CS(=O)(=O)Cl.CS(=O)(=O)OCC(CCc1cccc2ccccc12)OS(C)(=O)=O. The van der Waals surface area contributed by atoms with E-state index in [4.69, 9.17) is 8.37 Å². The number of fused-ring (bicyclic) bond motifs is 1. The molecule has 8 nitrogen and oxygen atoms in total.